The second-order valence-corrected chi connectivity index (χ2v) is 2.32. The average Bonchev–Trinajstić information content (AvgIpc) is 2.09. The molecule has 0 radical (unpaired) electrons. The summed E-state index contributed by atoms with van der Waals surface area (Å²) in [5, 5.41) is 0. The van der Waals surface area contributed by atoms with Gasteiger partial charge >= 0.3 is 5.97 Å². The zero-order valence-electron chi connectivity index (χ0n) is 8.79. The normalized spacial score (nSPS) is 10.8. The van der Waals surface area contributed by atoms with Crippen LogP contribution in [-0.4, -0.2) is 25.0 Å². The molecule has 0 aliphatic rings. The van der Waals surface area contributed by atoms with Crippen LogP contribution in [0.3, 0.4) is 0 Å². The van der Waals surface area contributed by atoms with Crippen molar-refractivity contribution in [3.63, 3.8) is 0 Å². The van der Waals surface area contributed by atoms with Crippen LogP contribution >= 0.6 is 9.24 Å². The van der Waals surface area contributed by atoms with Crippen LogP contribution in [0.4, 0.5) is 0 Å². The molecule has 0 aromatic carbocycles. The summed E-state index contributed by atoms with van der Waals surface area (Å²) >= 11 is 0. The summed E-state index contributed by atoms with van der Waals surface area (Å²) in [5.74, 6) is -1.08. The lowest BCUT2D eigenvalue weighted by atomic mass is 10.0. The van der Waals surface area contributed by atoms with E-state index in [0.717, 1.165) is 0 Å². The number of hydrogen-bond donors (Lipinski definition) is 0. The molecule has 0 bridgehead atoms. The maximum atomic E-state index is 11.0. The minimum atomic E-state index is -0.560. The molecule has 0 fully saturated rings. The molecule has 0 heterocycles. The van der Waals surface area contributed by atoms with Gasteiger partial charge in [-0.25, -0.2) is 0 Å². The SMILES string of the molecule is CCOC(=O)C(CC)C(C)=O.CP. The van der Waals surface area contributed by atoms with Crippen molar-refractivity contribution in [1.29, 1.82) is 0 Å². The summed E-state index contributed by atoms with van der Waals surface area (Å²) in [6, 6.07) is 0. The zero-order chi connectivity index (χ0) is 10.9. The van der Waals surface area contributed by atoms with Crippen LogP contribution in [0.1, 0.15) is 27.2 Å². The monoisotopic (exact) mass is 206 g/mol. The van der Waals surface area contributed by atoms with Gasteiger partial charge in [-0.1, -0.05) is 13.6 Å². The second-order valence-electron chi connectivity index (χ2n) is 2.32. The predicted molar refractivity (Wildman–Crippen MR) is 56.7 cm³/mol. The Bertz CT molecular complexity index is 157. The summed E-state index contributed by atoms with van der Waals surface area (Å²) in [4.78, 5) is 21.8. The Morgan fingerprint density at radius 2 is 1.77 bits per heavy atom. The van der Waals surface area contributed by atoms with Gasteiger partial charge in [0.05, 0.1) is 6.61 Å². The zero-order valence-corrected chi connectivity index (χ0v) is 9.95. The van der Waals surface area contributed by atoms with Gasteiger partial charge in [0.25, 0.3) is 0 Å². The Morgan fingerprint density at radius 3 is 2.00 bits per heavy atom. The molecule has 0 aromatic heterocycles. The summed E-state index contributed by atoms with van der Waals surface area (Å²) in [5.41, 5.74) is 0. The molecule has 78 valence electrons. The van der Waals surface area contributed by atoms with Crippen molar-refractivity contribution in [1.82, 2.24) is 0 Å². The topological polar surface area (TPSA) is 43.4 Å². The third-order valence-corrected chi connectivity index (χ3v) is 1.47. The summed E-state index contributed by atoms with van der Waals surface area (Å²) in [6.45, 7) is 7.18. The molecule has 0 saturated heterocycles. The van der Waals surface area contributed by atoms with Crippen molar-refractivity contribution >= 4 is 21.0 Å². The van der Waals surface area contributed by atoms with E-state index in [1.165, 1.54) is 6.92 Å². The average molecular weight is 206 g/mol. The van der Waals surface area contributed by atoms with Gasteiger partial charge < -0.3 is 4.74 Å². The van der Waals surface area contributed by atoms with E-state index < -0.39 is 11.9 Å². The maximum Gasteiger partial charge on any atom is 0.316 e. The predicted octanol–water partition coefficient (Wildman–Crippen LogP) is 1.66. The molecule has 3 nitrogen and oxygen atoms in total. The number of esters is 1. The maximum absolute atomic E-state index is 11.0. The molecule has 0 aromatic rings. The van der Waals surface area contributed by atoms with E-state index >= 15 is 0 Å². The number of Topliss-reactive ketones (excluding diaryl/α,β-unsaturated/α-hetero) is 1. The van der Waals surface area contributed by atoms with Gasteiger partial charge in [-0.3, -0.25) is 9.59 Å². The molecule has 2 atom stereocenters. The quantitative estimate of drug-likeness (QED) is 0.399. The fourth-order valence-electron chi connectivity index (χ4n) is 0.863. The first-order valence-electron chi connectivity index (χ1n) is 4.38. The minimum absolute atomic E-state index is 0.119. The fourth-order valence-corrected chi connectivity index (χ4v) is 0.863. The Hall–Kier alpha value is -0.430. The Balaban J connectivity index is 0. The first kappa shape index (κ1) is 15.1. The largest absolute Gasteiger partial charge is 0.465 e. The highest BCUT2D eigenvalue weighted by Gasteiger charge is 2.21. The molecule has 0 spiro atoms. The fraction of sp³-hybridized carbons (Fsp3) is 0.778. The van der Waals surface area contributed by atoms with Crippen molar-refractivity contribution in [3.8, 4) is 0 Å². The molecular weight excluding hydrogens is 187 g/mol. The van der Waals surface area contributed by atoms with Crippen LogP contribution in [0, 0.1) is 5.92 Å². The Morgan fingerprint density at radius 1 is 1.31 bits per heavy atom. The van der Waals surface area contributed by atoms with Gasteiger partial charge in [-0.15, -0.1) is 9.24 Å². The molecule has 0 aliphatic heterocycles. The number of carbonyl (C=O) groups excluding carboxylic acids is 2. The molecule has 0 aliphatic carbocycles. The Kier molecular flexibility index (Phi) is 11.2. The first-order valence-corrected chi connectivity index (χ1v) is 5.53. The van der Waals surface area contributed by atoms with Gasteiger partial charge in [0.15, 0.2) is 0 Å². The van der Waals surface area contributed by atoms with Crippen molar-refractivity contribution in [2.24, 2.45) is 5.92 Å². The van der Waals surface area contributed by atoms with Crippen LogP contribution in [0.2, 0.25) is 0 Å². The van der Waals surface area contributed by atoms with E-state index in [1.54, 1.807) is 13.8 Å². The van der Waals surface area contributed by atoms with Crippen LogP contribution in [0.15, 0.2) is 0 Å². The van der Waals surface area contributed by atoms with E-state index in [2.05, 4.69) is 9.24 Å². The number of ketones is 1. The summed E-state index contributed by atoms with van der Waals surface area (Å²) < 4.78 is 4.70. The van der Waals surface area contributed by atoms with Crippen molar-refractivity contribution in [2.45, 2.75) is 27.2 Å². The molecule has 0 amide bonds. The highest BCUT2D eigenvalue weighted by atomic mass is 31.0. The molecular formula is C9H19O3P. The van der Waals surface area contributed by atoms with E-state index in [-0.39, 0.29) is 5.78 Å². The number of carbonyl (C=O) groups is 2. The highest BCUT2D eigenvalue weighted by Crippen LogP contribution is 2.05. The molecule has 0 saturated carbocycles. The van der Waals surface area contributed by atoms with Gasteiger partial charge in [0.2, 0.25) is 0 Å². The van der Waals surface area contributed by atoms with Gasteiger partial charge in [0, 0.05) is 0 Å². The molecule has 4 heteroatoms. The van der Waals surface area contributed by atoms with E-state index in [9.17, 15) is 9.59 Å². The van der Waals surface area contributed by atoms with Gasteiger partial charge in [-0.2, -0.15) is 0 Å². The third-order valence-electron chi connectivity index (χ3n) is 1.47. The molecule has 2 unspecified atom stereocenters. The van der Waals surface area contributed by atoms with E-state index in [0.29, 0.717) is 13.0 Å². The Labute approximate surface area is 82.4 Å². The lowest BCUT2D eigenvalue weighted by Crippen LogP contribution is -2.23. The van der Waals surface area contributed by atoms with E-state index in [1.807, 2.05) is 6.66 Å². The standard InChI is InChI=1S/C8H14O3.CH5P/c1-4-7(6(3)9)8(10)11-5-2;1-2/h7H,4-5H2,1-3H3;2H2,1H3. The molecule has 0 rings (SSSR count). The first-order chi connectivity index (χ1) is 6.13. The van der Waals surface area contributed by atoms with Crippen molar-refractivity contribution in [2.75, 3.05) is 13.3 Å². The third kappa shape index (κ3) is 6.71. The highest BCUT2D eigenvalue weighted by molar-refractivity contribution is 7.15. The van der Waals surface area contributed by atoms with Crippen molar-refractivity contribution < 1.29 is 14.3 Å². The number of ether oxygens (including phenoxy) is 1. The van der Waals surface area contributed by atoms with Crippen molar-refractivity contribution in [3.05, 3.63) is 0 Å². The van der Waals surface area contributed by atoms with Crippen LogP contribution in [0.25, 0.3) is 0 Å². The van der Waals surface area contributed by atoms with Crippen LogP contribution < -0.4 is 0 Å². The van der Waals surface area contributed by atoms with E-state index in [4.69, 9.17) is 4.74 Å². The smallest absolute Gasteiger partial charge is 0.316 e. The lowest BCUT2D eigenvalue weighted by molar-refractivity contribution is -0.151. The minimum Gasteiger partial charge on any atom is -0.465 e. The van der Waals surface area contributed by atoms with Crippen LogP contribution in [-0.2, 0) is 14.3 Å². The number of hydrogen-bond acceptors (Lipinski definition) is 3. The second kappa shape index (κ2) is 9.66. The van der Waals surface area contributed by atoms with Crippen LogP contribution in [0.5, 0.6) is 0 Å². The lowest BCUT2D eigenvalue weighted by Gasteiger charge is -2.08. The number of rotatable bonds is 4. The summed E-state index contributed by atoms with van der Waals surface area (Å²) in [6.07, 6.45) is 0.522. The molecule has 13 heavy (non-hydrogen) atoms. The molecule has 0 N–H and O–H groups in total. The summed E-state index contributed by atoms with van der Waals surface area (Å²) in [7, 11) is 2.42. The van der Waals surface area contributed by atoms with Gasteiger partial charge in [0.1, 0.15) is 11.7 Å². The van der Waals surface area contributed by atoms with Gasteiger partial charge in [-0.05, 0) is 20.3 Å².